The molecule has 4 rings (SSSR count). The molecule has 0 saturated carbocycles. The van der Waals surface area contributed by atoms with Crippen LogP contribution < -0.4 is 5.32 Å². The van der Waals surface area contributed by atoms with Crippen LogP contribution in [0.2, 0.25) is 0 Å². The molecule has 8 heteroatoms. The summed E-state index contributed by atoms with van der Waals surface area (Å²) in [6.07, 6.45) is 0.383. The molecule has 1 saturated heterocycles. The number of carbonyl (C=O) groups excluding carboxylic acids is 1. The number of hydrogen-bond acceptors (Lipinski definition) is 3. The second-order valence-corrected chi connectivity index (χ2v) is 11.2. The van der Waals surface area contributed by atoms with Crippen LogP contribution in [0, 0.1) is 17.6 Å². The monoisotopic (exact) mass is 498 g/mol. The number of hydrogen-bond donors (Lipinski definition) is 1. The second-order valence-electron chi connectivity index (χ2n) is 8.96. The molecule has 1 aliphatic heterocycles. The van der Waals surface area contributed by atoms with Crippen molar-refractivity contribution in [3.8, 4) is 0 Å². The Morgan fingerprint density at radius 1 is 0.943 bits per heavy atom. The SMILES string of the molecule is C[C@H](CNC(=O)N1CCC(S(=O)(=O)c2ccccc2)C1)C(c1ccc(F)cc1)c1ccc(F)cc1. The maximum absolute atomic E-state index is 13.5. The molecule has 3 aromatic rings. The van der Waals surface area contributed by atoms with Crippen molar-refractivity contribution in [2.45, 2.75) is 29.4 Å². The summed E-state index contributed by atoms with van der Waals surface area (Å²) in [6, 6.07) is 20.3. The second kappa shape index (κ2) is 10.6. The summed E-state index contributed by atoms with van der Waals surface area (Å²) in [5, 5.41) is 2.28. The van der Waals surface area contributed by atoms with Gasteiger partial charge in [-0.3, -0.25) is 0 Å². The first-order chi connectivity index (χ1) is 16.8. The van der Waals surface area contributed by atoms with Gasteiger partial charge in [0, 0.05) is 25.6 Å². The summed E-state index contributed by atoms with van der Waals surface area (Å²) in [7, 11) is -3.51. The first-order valence-electron chi connectivity index (χ1n) is 11.6. The zero-order valence-corrected chi connectivity index (χ0v) is 20.2. The van der Waals surface area contributed by atoms with E-state index in [-0.39, 0.29) is 40.9 Å². The minimum atomic E-state index is -3.51. The summed E-state index contributed by atoms with van der Waals surface area (Å²) in [5.41, 5.74) is 1.71. The Hall–Kier alpha value is -3.26. The molecule has 184 valence electrons. The van der Waals surface area contributed by atoms with E-state index in [1.54, 1.807) is 54.6 Å². The zero-order valence-electron chi connectivity index (χ0n) is 19.4. The average Bonchev–Trinajstić information content (AvgIpc) is 3.37. The molecule has 2 atom stereocenters. The maximum atomic E-state index is 13.5. The molecule has 0 bridgehead atoms. The van der Waals surface area contributed by atoms with Gasteiger partial charge in [0.25, 0.3) is 0 Å². The lowest BCUT2D eigenvalue weighted by Gasteiger charge is -2.27. The lowest BCUT2D eigenvalue weighted by Crippen LogP contribution is -2.42. The Labute approximate surface area is 204 Å². The van der Waals surface area contributed by atoms with Gasteiger partial charge in [0.1, 0.15) is 11.6 Å². The van der Waals surface area contributed by atoms with Crippen molar-refractivity contribution in [3.63, 3.8) is 0 Å². The van der Waals surface area contributed by atoms with Gasteiger partial charge in [-0.1, -0.05) is 49.4 Å². The van der Waals surface area contributed by atoms with E-state index in [2.05, 4.69) is 5.32 Å². The van der Waals surface area contributed by atoms with Gasteiger partial charge in [-0.15, -0.1) is 0 Å². The molecule has 1 aliphatic rings. The summed E-state index contributed by atoms with van der Waals surface area (Å²) < 4.78 is 52.8. The van der Waals surface area contributed by atoms with Gasteiger partial charge < -0.3 is 10.2 Å². The minimum Gasteiger partial charge on any atom is -0.338 e. The molecule has 0 radical (unpaired) electrons. The third-order valence-corrected chi connectivity index (χ3v) is 8.74. The number of urea groups is 1. The van der Waals surface area contributed by atoms with E-state index >= 15 is 0 Å². The normalized spacial score (nSPS) is 16.9. The Morgan fingerprint density at radius 2 is 1.49 bits per heavy atom. The molecule has 1 fully saturated rings. The summed E-state index contributed by atoms with van der Waals surface area (Å²) in [6.45, 7) is 2.77. The Morgan fingerprint density at radius 3 is 2.03 bits per heavy atom. The van der Waals surface area contributed by atoms with Crippen LogP contribution in [0.5, 0.6) is 0 Å². The lowest BCUT2D eigenvalue weighted by atomic mass is 9.81. The highest BCUT2D eigenvalue weighted by atomic mass is 32.2. The lowest BCUT2D eigenvalue weighted by molar-refractivity contribution is 0.206. The molecule has 0 aromatic heterocycles. The van der Waals surface area contributed by atoms with Crippen LogP contribution >= 0.6 is 0 Å². The molecule has 1 heterocycles. The largest absolute Gasteiger partial charge is 0.338 e. The van der Waals surface area contributed by atoms with Crippen molar-refractivity contribution >= 4 is 15.9 Å². The molecule has 0 spiro atoms. The van der Waals surface area contributed by atoms with Crippen LogP contribution in [0.15, 0.2) is 83.8 Å². The van der Waals surface area contributed by atoms with Gasteiger partial charge in [0.15, 0.2) is 9.84 Å². The van der Waals surface area contributed by atoms with Crippen molar-refractivity contribution in [2.75, 3.05) is 19.6 Å². The molecule has 0 aliphatic carbocycles. The van der Waals surface area contributed by atoms with Gasteiger partial charge in [0.05, 0.1) is 10.1 Å². The Balaban J connectivity index is 1.42. The first kappa shape index (κ1) is 24.9. The fourth-order valence-corrected chi connectivity index (χ4v) is 6.35. The summed E-state index contributed by atoms with van der Waals surface area (Å²) in [4.78, 5) is 14.7. The van der Waals surface area contributed by atoms with E-state index < -0.39 is 15.1 Å². The smallest absolute Gasteiger partial charge is 0.317 e. The molecular formula is C27H28F2N2O3S. The van der Waals surface area contributed by atoms with E-state index in [0.29, 0.717) is 19.5 Å². The fourth-order valence-electron chi connectivity index (χ4n) is 4.64. The third-order valence-electron chi connectivity index (χ3n) is 6.55. The van der Waals surface area contributed by atoms with Crippen molar-refractivity contribution in [1.29, 1.82) is 0 Å². The van der Waals surface area contributed by atoms with Gasteiger partial charge in [-0.05, 0) is 59.9 Å². The number of benzene rings is 3. The van der Waals surface area contributed by atoms with Crippen molar-refractivity contribution < 1.29 is 22.0 Å². The number of sulfone groups is 1. The van der Waals surface area contributed by atoms with Gasteiger partial charge in [-0.2, -0.15) is 0 Å². The van der Waals surface area contributed by atoms with E-state index in [1.165, 1.54) is 29.2 Å². The highest BCUT2D eigenvalue weighted by Gasteiger charge is 2.36. The van der Waals surface area contributed by atoms with Crippen LogP contribution in [-0.4, -0.2) is 44.2 Å². The molecule has 2 amide bonds. The fraction of sp³-hybridized carbons (Fsp3) is 0.296. The maximum Gasteiger partial charge on any atom is 0.317 e. The summed E-state index contributed by atoms with van der Waals surface area (Å²) >= 11 is 0. The van der Waals surface area contributed by atoms with Crippen molar-refractivity contribution in [2.24, 2.45) is 5.92 Å². The van der Waals surface area contributed by atoms with Crippen LogP contribution in [-0.2, 0) is 9.84 Å². The summed E-state index contributed by atoms with van der Waals surface area (Å²) in [5.74, 6) is -0.981. The number of likely N-dealkylation sites (tertiary alicyclic amines) is 1. The topological polar surface area (TPSA) is 66.5 Å². The number of carbonyl (C=O) groups is 1. The highest BCUT2D eigenvalue weighted by molar-refractivity contribution is 7.92. The van der Waals surface area contributed by atoms with E-state index in [0.717, 1.165) is 11.1 Å². The third kappa shape index (κ3) is 5.70. The predicted molar refractivity (Wildman–Crippen MR) is 131 cm³/mol. The minimum absolute atomic E-state index is 0.0960. The van der Waals surface area contributed by atoms with Gasteiger partial charge >= 0.3 is 6.03 Å². The van der Waals surface area contributed by atoms with E-state index in [4.69, 9.17) is 0 Å². The van der Waals surface area contributed by atoms with Crippen LogP contribution in [0.1, 0.15) is 30.4 Å². The zero-order chi connectivity index (χ0) is 25.0. The van der Waals surface area contributed by atoms with Crippen LogP contribution in [0.25, 0.3) is 0 Å². The molecular weight excluding hydrogens is 470 g/mol. The standard InChI is InChI=1S/C27H28F2N2O3S/c1-19(26(20-7-11-22(28)12-8-20)21-9-13-23(29)14-10-21)17-30-27(32)31-16-15-25(18-31)35(33,34)24-5-3-2-4-6-24/h2-14,19,25-26H,15-18H2,1H3,(H,30,32)/t19-,25?/m1/s1. The quantitative estimate of drug-likeness (QED) is 0.499. The molecule has 5 nitrogen and oxygen atoms in total. The number of halogens is 2. The Kier molecular flexibility index (Phi) is 7.50. The van der Waals surface area contributed by atoms with E-state index in [9.17, 15) is 22.0 Å². The molecule has 35 heavy (non-hydrogen) atoms. The molecule has 3 aromatic carbocycles. The van der Waals surface area contributed by atoms with Crippen molar-refractivity contribution in [3.05, 3.63) is 102 Å². The number of nitrogens with one attached hydrogen (secondary N) is 1. The van der Waals surface area contributed by atoms with Gasteiger partial charge in [-0.25, -0.2) is 22.0 Å². The van der Waals surface area contributed by atoms with Crippen molar-refractivity contribution in [1.82, 2.24) is 10.2 Å². The van der Waals surface area contributed by atoms with E-state index in [1.807, 2.05) is 6.92 Å². The number of nitrogens with zero attached hydrogens (tertiary/aromatic N) is 1. The van der Waals surface area contributed by atoms with Crippen LogP contribution in [0.3, 0.4) is 0 Å². The molecule has 1 N–H and O–H groups in total. The molecule has 1 unspecified atom stereocenters. The van der Waals surface area contributed by atoms with Gasteiger partial charge in [0.2, 0.25) is 0 Å². The average molecular weight is 499 g/mol. The number of rotatable bonds is 7. The first-order valence-corrected chi connectivity index (χ1v) is 13.1. The highest BCUT2D eigenvalue weighted by Crippen LogP contribution is 2.32. The predicted octanol–water partition coefficient (Wildman–Crippen LogP) is 4.99. The van der Waals surface area contributed by atoms with Crippen LogP contribution in [0.4, 0.5) is 13.6 Å². The Bertz CT molecular complexity index is 1200. The number of amides is 2.